The number of hydrogen-bond donors (Lipinski definition) is 5. The summed E-state index contributed by atoms with van der Waals surface area (Å²) < 4.78 is 15.3. The maximum atomic E-state index is 12.4. The minimum absolute atomic E-state index is 0. The molecule has 3 rings (SSSR count). The summed E-state index contributed by atoms with van der Waals surface area (Å²) in [6, 6.07) is 5.13. The Kier molecular flexibility index (Phi) is 26.1. The van der Waals surface area contributed by atoms with Gasteiger partial charge in [0.05, 0.1) is 44.1 Å². The fourth-order valence-corrected chi connectivity index (χ4v) is 4.49. The number of nitrogens with one attached hydrogen (secondary N) is 2. The summed E-state index contributed by atoms with van der Waals surface area (Å²) in [5.74, 6) is -0.989. The maximum Gasteiger partial charge on any atom is 0.308 e. The van der Waals surface area contributed by atoms with Crippen LogP contribution in [0.15, 0.2) is 18.2 Å². The van der Waals surface area contributed by atoms with Gasteiger partial charge in [-0.05, 0) is 30.5 Å². The standard InChI is InChI=1S/C26H37N3O7.C5H10O3.CH4O.H2O.U/c1-17(2)26(34)36-16-19-9-10-21(35-4)20(15-19)28-23(31)11-12-27-22(30)8-6-5-7-13-29-24(32)14-18(3)25(29)33;6-4-1-5(7)3-8-2-4;1-2;;/h9-10,15,17-18H,5-8,11-14,16H2,1-4H3,(H,27,30)(H,28,31);4-7H,1-3H2;2H,1H3;1H2;. The monoisotopic (exact) mass is 909 g/mol. The number of aliphatic hydroxyl groups is 3. The van der Waals surface area contributed by atoms with Gasteiger partial charge in [0, 0.05) is 82.9 Å². The molecule has 0 bridgehead atoms. The molecule has 2 aliphatic rings. The van der Waals surface area contributed by atoms with Crippen LogP contribution in [0.3, 0.4) is 0 Å². The van der Waals surface area contributed by atoms with Crippen LogP contribution < -0.4 is 15.4 Å². The van der Waals surface area contributed by atoms with Gasteiger partial charge in [0.2, 0.25) is 23.6 Å². The molecule has 272 valence electrons. The Morgan fingerprint density at radius 2 is 1.67 bits per heavy atom. The second kappa shape index (κ2) is 26.3. The van der Waals surface area contributed by atoms with Crippen molar-refractivity contribution in [3.8, 4) is 5.75 Å². The number of ether oxygens (including phenoxy) is 3. The van der Waals surface area contributed by atoms with Crippen molar-refractivity contribution in [1.82, 2.24) is 10.2 Å². The number of hydrogen-bond acceptors (Lipinski definition) is 11. The second-order valence-corrected chi connectivity index (χ2v) is 11.3. The van der Waals surface area contributed by atoms with Crippen LogP contribution in [0.25, 0.3) is 0 Å². The predicted octanol–water partition coefficient (Wildman–Crippen LogP) is 0.707. The summed E-state index contributed by atoms with van der Waals surface area (Å²) in [5, 5.41) is 30.1. The Bertz CT molecular complexity index is 1130. The van der Waals surface area contributed by atoms with Gasteiger partial charge in [0.15, 0.2) is 0 Å². The first-order valence-electron chi connectivity index (χ1n) is 15.5. The van der Waals surface area contributed by atoms with E-state index in [0.717, 1.165) is 13.5 Å². The van der Waals surface area contributed by atoms with Crippen LogP contribution in [-0.2, 0) is 40.1 Å². The van der Waals surface area contributed by atoms with E-state index in [9.17, 15) is 24.0 Å². The predicted molar refractivity (Wildman–Crippen MR) is 172 cm³/mol. The molecule has 0 aromatic heterocycles. The Balaban J connectivity index is 0. The van der Waals surface area contributed by atoms with E-state index in [1.165, 1.54) is 12.0 Å². The van der Waals surface area contributed by atoms with Gasteiger partial charge in [-0.15, -0.1) is 0 Å². The quantitative estimate of drug-likeness (QED) is 0.0992. The molecule has 0 saturated carbocycles. The van der Waals surface area contributed by atoms with Crippen LogP contribution in [0.2, 0.25) is 0 Å². The van der Waals surface area contributed by atoms with E-state index in [2.05, 4.69) is 10.6 Å². The normalized spacial score (nSPS) is 18.2. The first kappa shape index (κ1) is 47.5. The Hall–Kier alpha value is -2.58. The van der Waals surface area contributed by atoms with Crippen molar-refractivity contribution in [2.45, 2.75) is 84.5 Å². The number of methoxy groups -OCH3 is 1. The number of rotatable bonds is 14. The number of likely N-dealkylation sites (tertiary alicyclic amines) is 1. The Labute approximate surface area is 306 Å². The van der Waals surface area contributed by atoms with Crippen molar-refractivity contribution in [2.24, 2.45) is 11.8 Å². The SMILES string of the molecule is CO.COc1ccc(COC(=O)C(C)C)cc1NC(=O)CCNC(=O)CCCCCN1C(=O)CC(C)C1=O.O.OC1COCC(O)C1.[U]. The number of nitrogens with zero attached hydrogens (tertiary/aromatic N) is 1. The molecule has 2 fully saturated rings. The van der Waals surface area contributed by atoms with E-state index in [1.807, 2.05) is 0 Å². The molecular formula is C32H53N3O12U. The molecule has 2 heterocycles. The second-order valence-electron chi connectivity index (χ2n) is 11.3. The number of carbonyl (C=O) groups excluding carboxylic acids is 5. The molecule has 1 aromatic rings. The van der Waals surface area contributed by atoms with Crippen LogP contribution in [0.5, 0.6) is 5.75 Å². The van der Waals surface area contributed by atoms with Crippen LogP contribution in [0.4, 0.5) is 5.69 Å². The molecule has 4 amide bonds. The summed E-state index contributed by atoms with van der Waals surface area (Å²) in [7, 11) is 2.49. The molecule has 15 nitrogen and oxygen atoms in total. The van der Waals surface area contributed by atoms with Crippen molar-refractivity contribution in [2.75, 3.05) is 45.8 Å². The molecule has 1 aromatic carbocycles. The zero-order valence-electron chi connectivity index (χ0n) is 28.6. The third-order valence-electron chi connectivity index (χ3n) is 6.98. The van der Waals surface area contributed by atoms with Gasteiger partial charge in [-0.1, -0.05) is 33.3 Å². The molecular weight excluding hydrogens is 856 g/mol. The fraction of sp³-hybridized carbons (Fsp3) is 0.656. The number of imide groups is 1. The number of esters is 1. The smallest absolute Gasteiger partial charge is 0.308 e. The number of amides is 4. The summed E-state index contributed by atoms with van der Waals surface area (Å²) in [5.41, 5.74) is 1.16. The van der Waals surface area contributed by atoms with Crippen LogP contribution in [0.1, 0.15) is 71.3 Å². The van der Waals surface area contributed by atoms with E-state index in [1.54, 1.807) is 39.0 Å². The van der Waals surface area contributed by atoms with Crippen molar-refractivity contribution < 1.29 is 90.1 Å². The molecule has 0 spiro atoms. The number of benzene rings is 1. The van der Waals surface area contributed by atoms with Gasteiger partial charge in [-0.25, -0.2) is 0 Å². The van der Waals surface area contributed by atoms with Gasteiger partial charge < -0.3 is 45.6 Å². The van der Waals surface area contributed by atoms with Crippen LogP contribution in [-0.4, -0.2) is 108 Å². The van der Waals surface area contributed by atoms with Crippen molar-refractivity contribution in [3.05, 3.63) is 23.8 Å². The minimum atomic E-state index is -0.459. The molecule has 16 heteroatoms. The summed E-state index contributed by atoms with van der Waals surface area (Å²) in [6.45, 7) is 6.68. The average Bonchev–Trinajstić information content (AvgIpc) is 3.26. The summed E-state index contributed by atoms with van der Waals surface area (Å²) in [6.07, 6.45) is 2.23. The van der Waals surface area contributed by atoms with Gasteiger partial charge in [-0.3, -0.25) is 28.9 Å². The Morgan fingerprint density at radius 3 is 2.19 bits per heavy atom. The zero-order valence-corrected chi connectivity index (χ0v) is 32.7. The molecule has 48 heavy (non-hydrogen) atoms. The van der Waals surface area contributed by atoms with Crippen LogP contribution >= 0.6 is 0 Å². The molecule has 7 N–H and O–H groups in total. The van der Waals surface area contributed by atoms with E-state index in [0.29, 0.717) is 62.4 Å². The van der Waals surface area contributed by atoms with Gasteiger partial charge in [-0.2, -0.15) is 0 Å². The molecule has 3 atom stereocenters. The number of carbonyl (C=O) groups is 5. The van der Waals surface area contributed by atoms with Gasteiger partial charge in [0.25, 0.3) is 0 Å². The van der Waals surface area contributed by atoms with Gasteiger partial charge >= 0.3 is 5.97 Å². The molecule has 0 aliphatic carbocycles. The molecule has 2 aliphatic heterocycles. The first-order valence-corrected chi connectivity index (χ1v) is 15.5. The van der Waals surface area contributed by atoms with Gasteiger partial charge in [0.1, 0.15) is 12.4 Å². The largest absolute Gasteiger partial charge is 0.495 e. The zero-order chi connectivity index (χ0) is 34.6. The van der Waals surface area contributed by atoms with Crippen molar-refractivity contribution in [1.29, 1.82) is 0 Å². The topological polar surface area (TPSA) is 233 Å². The van der Waals surface area contributed by atoms with E-state index in [-0.39, 0.29) is 104 Å². The summed E-state index contributed by atoms with van der Waals surface area (Å²) >= 11 is 0. The third-order valence-corrected chi connectivity index (χ3v) is 6.98. The average molecular weight is 910 g/mol. The van der Waals surface area contributed by atoms with Crippen molar-refractivity contribution in [3.63, 3.8) is 0 Å². The fourth-order valence-electron chi connectivity index (χ4n) is 4.49. The number of anilines is 1. The summed E-state index contributed by atoms with van der Waals surface area (Å²) in [4.78, 5) is 61.1. The Morgan fingerprint density at radius 1 is 1.02 bits per heavy atom. The molecule has 0 radical (unpaired) electrons. The van der Waals surface area contributed by atoms with E-state index in [4.69, 9.17) is 29.5 Å². The number of aliphatic hydroxyl groups excluding tert-OH is 3. The first-order chi connectivity index (χ1) is 21.9. The van der Waals surface area contributed by atoms with E-state index < -0.39 is 12.2 Å². The maximum absolute atomic E-state index is 12.4. The van der Waals surface area contributed by atoms with Crippen LogP contribution in [0, 0.1) is 42.9 Å². The number of unbranched alkanes of at least 4 members (excludes halogenated alkanes) is 2. The molecule has 3 unspecified atom stereocenters. The van der Waals surface area contributed by atoms with Crippen molar-refractivity contribution >= 4 is 35.3 Å². The minimum Gasteiger partial charge on any atom is -0.495 e. The van der Waals surface area contributed by atoms with E-state index >= 15 is 0 Å². The third kappa shape index (κ3) is 18.3. The molecule has 2 saturated heterocycles.